The van der Waals surface area contributed by atoms with Crippen LogP contribution in [0.25, 0.3) is 0 Å². The monoisotopic (exact) mass is 301 g/mol. The predicted molar refractivity (Wildman–Crippen MR) is 73.8 cm³/mol. The Hall–Kier alpha value is -1.07. The van der Waals surface area contributed by atoms with Gasteiger partial charge in [-0.25, -0.2) is 8.42 Å². The molecule has 0 aliphatic carbocycles. The third-order valence-electron chi connectivity index (χ3n) is 3.53. The van der Waals surface area contributed by atoms with Gasteiger partial charge in [-0.2, -0.15) is 0 Å². The molecular formula is C13H16ClNO3S. The van der Waals surface area contributed by atoms with Gasteiger partial charge < -0.3 is 4.90 Å². The van der Waals surface area contributed by atoms with E-state index in [0.29, 0.717) is 6.54 Å². The van der Waals surface area contributed by atoms with Crippen LogP contribution in [0.1, 0.15) is 37.0 Å². The average molecular weight is 302 g/mol. The summed E-state index contributed by atoms with van der Waals surface area (Å²) in [5.41, 5.74) is -0.104. The Morgan fingerprint density at radius 1 is 1.32 bits per heavy atom. The summed E-state index contributed by atoms with van der Waals surface area (Å²) in [5.74, 6) is -0.276. The van der Waals surface area contributed by atoms with Crippen LogP contribution in [-0.4, -0.2) is 31.3 Å². The number of carbonyl (C=O) groups is 1. The van der Waals surface area contributed by atoms with Crippen molar-refractivity contribution in [3.63, 3.8) is 0 Å². The van der Waals surface area contributed by atoms with Crippen molar-refractivity contribution in [1.82, 2.24) is 4.90 Å². The molecule has 0 aromatic heterocycles. The molecule has 0 saturated carbocycles. The first-order valence-corrected chi connectivity index (χ1v) is 8.40. The van der Waals surface area contributed by atoms with Crippen LogP contribution in [0.3, 0.4) is 0 Å². The first-order chi connectivity index (χ1) is 8.73. The minimum atomic E-state index is -3.92. The lowest BCUT2D eigenvalue weighted by Gasteiger charge is -2.32. The fraction of sp³-hybridized carbons (Fsp3) is 0.462. The third-order valence-corrected chi connectivity index (χ3v) is 4.91. The van der Waals surface area contributed by atoms with Crippen molar-refractivity contribution in [2.75, 3.05) is 6.54 Å². The Bertz CT molecular complexity index is 610. The zero-order valence-corrected chi connectivity index (χ0v) is 12.5. The van der Waals surface area contributed by atoms with Gasteiger partial charge >= 0.3 is 0 Å². The highest BCUT2D eigenvalue weighted by atomic mass is 35.7. The van der Waals surface area contributed by atoms with Crippen LogP contribution in [0, 0.1) is 0 Å². The van der Waals surface area contributed by atoms with E-state index in [1.807, 2.05) is 13.8 Å². The maximum absolute atomic E-state index is 12.5. The van der Waals surface area contributed by atoms with E-state index >= 15 is 0 Å². The third kappa shape index (κ3) is 2.77. The maximum atomic E-state index is 12.5. The number of amides is 1. The molecule has 0 unspecified atom stereocenters. The van der Waals surface area contributed by atoms with E-state index in [1.54, 1.807) is 17.0 Å². The number of likely N-dealkylation sites (tertiary alicyclic amines) is 1. The molecule has 0 spiro atoms. The summed E-state index contributed by atoms with van der Waals surface area (Å²) in [5, 5.41) is 0. The van der Waals surface area contributed by atoms with E-state index in [4.69, 9.17) is 10.7 Å². The van der Waals surface area contributed by atoms with Crippen molar-refractivity contribution >= 4 is 25.6 Å². The highest BCUT2D eigenvalue weighted by Gasteiger charge is 2.37. The molecule has 0 radical (unpaired) electrons. The summed E-state index contributed by atoms with van der Waals surface area (Å²) in [7, 11) is 1.47. The Morgan fingerprint density at radius 3 is 2.47 bits per heavy atom. The Kier molecular flexibility index (Phi) is 3.62. The zero-order chi connectivity index (χ0) is 14.3. The van der Waals surface area contributed by atoms with E-state index in [-0.39, 0.29) is 21.9 Å². The van der Waals surface area contributed by atoms with E-state index in [9.17, 15) is 13.2 Å². The fourth-order valence-corrected chi connectivity index (χ4v) is 3.55. The van der Waals surface area contributed by atoms with Gasteiger partial charge in [0.1, 0.15) is 0 Å². The molecule has 0 N–H and O–H groups in total. The molecule has 2 rings (SSSR count). The molecule has 1 fully saturated rings. The summed E-state index contributed by atoms with van der Waals surface area (Å²) < 4.78 is 23.1. The summed E-state index contributed by atoms with van der Waals surface area (Å²) in [6.07, 6.45) is 1.84. The lowest BCUT2D eigenvalue weighted by atomic mass is 10.0. The van der Waals surface area contributed by atoms with Crippen LogP contribution in [0.5, 0.6) is 0 Å². The number of halogens is 1. The molecule has 1 heterocycles. The van der Waals surface area contributed by atoms with E-state index in [0.717, 1.165) is 12.8 Å². The molecule has 1 amide bonds. The SMILES string of the molecule is CC1(C)CCCN1C(=O)c1ccccc1S(=O)(=O)Cl. The van der Waals surface area contributed by atoms with E-state index in [1.165, 1.54) is 12.1 Å². The Labute approximate surface area is 117 Å². The van der Waals surface area contributed by atoms with Gasteiger partial charge in [-0.1, -0.05) is 12.1 Å². The van der Waals surface area contributed by atoms with Crippen LogP contribution in [0.4, 0.5) is 0 Å². The largest absolute Gasteiger partial charge is 0.333 e. The van der Waals surface area contributed by atoms with Gasteiger partial charge in [0.25, 0.3) is 15.0 Å². The lowest BCUT2D eigenvalue weighted by Crippen LogP contribution is -2.43. The van der Waals surface area contributed by atoms with Gasteiger partial charge in [0, 0.05) is 22.8 Å². The van der Waals surface area contributed by atoms with Crippen LogP contribution in [-0.2, 0) is 9.05 Å². The second kappa shape index (κ2) is 4.80. The lowest BCUT2D eigenvalue weighted by molar-refractivity contribution is 0.0648. The van der Waals surface area contributed by atoms with Gasteiger partial charge in [-0.3, -0.25) is 4.79 Å². The topological polar surface area (TPSA) is 54.5 Å². The quantitative estimate of drug-likeness (QED) is 0.789. The molecular weight excluding hydrogens is 286 g/mol. The van der Waals surface area contributed by atoms with E-state index < -0.39 is 9.05 Å². The average Bonchev–Trinajstić information content (AvgIpc) is 2.67. The van der Waals surface area contributed by atoms with Crippen LogP contribution < -0.4 is 0 Å². The molecule has 0 atom stereocenters. The molecule has 1 aromatic rings. The van der Waals surface area contributed by atoms with Crippen LogP contribution in [0.15, 0.2) is 29.2 Å². The van der Waals surface area contributed by atoms with Gasteiger partial charge in [0.2, 0.25) is 0 Å². The van der Waals surface area contributed by atoms with Gasteiger partial charge in [-0.15, -0.1) is 0 Å². The van der Waals surface area contributed by atoms with Gasteiger partial charge in [0.15, 0.2) is 0 Å². The number of benzene rings is 1. The highest BCUT2D eigenvalue weighted by molar-refractivity contribution is 8.13. The van der Waals surface area contributed by atoms with E-state index in [2.05, 4.69) is 0 Å². The summed E-state index contributed by atoms with van der Waals surface area (Å²) in [4.78, 5) is 14.1. The fourth-order valence-electron chi connectivity index (χ4n) is 2.49. The second-order valence-electron chi connectivity index (χ2n) is 5.31. The number of hydrogen-bond acceptors (Lipinski definition) is 3. The smallest absolute Gasteiger partial charge is 0.262 e. The van der Waals surface area contributed by atoms with Crippen molar-refractivity contribution in [2.45, 2.75) is 37.1 Å². The maximum Gasteiger partial charge on any atom is 0.262 e. The molecule has 1 saturated heterocycles. The molecule has 104 valence electrons. The minimum absolute atomic E-state index is 0.121. The highest BCUT2D eigenvalue weighted by Crippen LogP contribution is 2.31. The molecule has 1 aliphatic rings. The number of rotatable bonds is 2. The second-order valence-corrected chi connectivity index (χ2v) is 7.84. The Morgan fingerprint density at radius 2 is 1.95 bits per heavy atom. The van der Waals surface area contributed by atoms with Crippen molar-refractivity contribution in [3.8, 4) is 0 Å². The number of hydrogen-bond donors (Lipinski definition) is 0. The number of carbonyl (C=O) groups excluding carboxylic acids is 1. The van der Waals surface area contributed by atoms with Crippen molar-refractivity contribution in [3.05, 3.63) is 29.8 Å². The molecule has 6 heteroatoms. The van der Waals surface area contributed by atoms with Gasteiger partial charge in [0.05, 0.1) is 10.5 Å². The predicted octanol–water partition coefficient (Wildman–Crippen LogP) is 2.63. The standard InChI is InChI=1S/C13H16ClNO3S/c1-13(2)8-5-9-15(13)12(16)10-6-3-4-7-11(10)19(14,17)18/h3-4,6-7H,5,8-9H2,1-2H3. The Balaban J connectivity index is 2.46. The van der Waals surface area contributed by atoms with Gasteiger partial charge in [-0.05, 0) is 38.8 Å². The molecule has 1 aliphatic heterocycles. The summed E-state index contributed by atoms with van der Waals surface area (Å²) >= 11 is 0. The normalized spacial score (nSPS) is 18.6. The van der Waals surface area contributed by atoms with Crippen molar-refractivity contribution in [2.24, 2.45) is 0 Å². The molecule has 4 nitrogen and oxygen atoms in total. The molecule has 19 heavy (non-hydrogen) atoms. The van der Waals surface area contributed by atoms with Crippen molar-refractivity contribution < 1.29 is 13.2 Å². The number of nitrogens with zero attached hydrogens (tertiary/aromatic N) is 1. The van der Waals surface area contributed by atoms with Crippen LogP contribution in [0.2, 0.25) is 0 Å². The first-order valence-electron chi connectivity index (χ1n) is 6.09. The summed E-state index contributed by atoms with van der Waals surface area (Å²) in [6, 6.07) is 6.06. The molecule has 0 bridgehead atoms. The summed E-state index contributed by atoms with van der Waals surface area (Å²) in [6.45, 7) is 4.61. The zero-order valence-electron chi connectivity index (χ0n) is 10.9. The molecule has 1 aromatic carbocycles. The minimum Gasteiger partial charge on any atom is -0.333 e. The first kappa shape index (κ1) is 14.3. The van der Waals surface area contributed by atoms with Crippen molar-refractivity contribution in [1.29, 1.82) is 0 Å². The van der Waals surface area contributed by atoms with Crippen LogP contribution >= 0.6 is 10.7 Å².